The van der Waals surface area contributed by atoms with Gasteiger partial charge in [-0.15, -0.1) is 6.58 Å². The third-order valence-electron chi connectivity index (χ3n) is 1.65. The lowest BCUT2D eigenvalue weighted by molar-refractivity contribution is -0.0207. The van der Waals surface area contributed by atoms with E-state index in [1.807, 2.05) is 0 Å². The number of aliphatic hydroxyl groups excluding tert-OH is 2. The fourth-order valence-corrected chi connectivity index (χ4v) is 0.847. The monoisotopic (exact) mass is 174 g/mol. The first-order chi connectivity index (χ1) is 5.77. The molecular weight excluding hydrogens is 160 g/mol. The molecule has 3 unspecified atom stereocenters. The lowest BCUT2D eigenvalue weighted by Gasteiger charge is -2.13. The third kappa shape index (κ3) is 2.91. The lowest BCUT2D eigenvalue weighted by Crippen LogP contribution is -2.26. The Bertz CT molecular complexity index is 144. The van der Waals surface area contributed by atoms with Gasteiger partial charge in [0.25, 0.3) is 0 Å². The molecule has 1 fully saturated rings. The highest BCUT2D eigenvalue weighted by Gasteiger charge is 2.31. The molecule has 0 spiro atoms. The van der Waals surface area contributed by atoms with Crippen LogP contribution in [0.2, 0.25) is 0 Å². The van der Waals surface area contributed by atoms with E-state index < -0.39 is 6.10 Å². The number of aliphatic hydroxyl groups is 2. The molecule has 0 aromatic heterocycles. The summed E-state index contributed by atoms with van der Waals surface area (Å²) in [4.78, 5) is 0. The van der Waals surface area contributed by atoms with Crippen LogP contribution in [-0.4, -0.2) is 48.3 Å². The maximum absolute atomic E-state index is 8.95. The second-order valence-electron chi connectivity index (χ2n) is 2.74. The molecule has 0 saturated carbocycles. The molecule has 4 heteroatoms. The van der Waals surface area contributed by atoms with Crippen molar-refractivity contribution < 1.29 is 19.7 Å². The van der Waals surface area contributed by atoms with Crippen LogP contribution in [0, 0.1) is 0 Å². The summed E-state index contributed by atoms with van der Waals surface area (Å²) in [6, 6.07) is 0. The Morgan fingerprint density at radius 2 is 2.42 bits per heavy atom. The standard InChI is InChI=1S/C8H14O4/c1-2-7(8-5-12-8)11-4-6(10)3-9/h2,6-10H,1,3-5H2. The molecule has 0 aromatic rings. The number of epoxide rings is 1. The summed E-state index contributed by atoms with van der Waals surface area (Å²) in [6.07, 6.45) is 0.757. The molecular formula is C8H14O4. The van der Waals surface area contributed by atoms with Crippen LogP contribution in [-0.2, 0) is 9.47 Å². The Morgan fingerprint density at radius 1 is 1.75 bits per heavy atom. The highest BCUT2D eigenvalue weighted by Crippen LogP contribution is 2.17. The molecule has 0 aromatic carbocycles. The molecule has 1 rings (SSSR count). The predicted molar refractivity (Wildman–Crippen MR) is 42.8 cm³/mol. The summed E-state index contributed by atoms with van der Waals surface area (Å²) >= 11 is 0. The van der Waals surface area contributed by atoms with Gasteiger partial charge in [-0.05, 0) is 0 Å². The average Bonchev–Trinajstić information content (AvgIpc) is 2.89. The maximum atomic E-state index is 8.95. The highest BCUT2D eigenvalue weighted by molar-refractivity contribution is 4.92. The minimum absolute atomic E-state index is 0.0911. The van der Waals surface area contributed by atoms with E-state index in [1.54, 1.807) is 6.08 Å². The van der Waals surface area contributed by atoms with E-state index in [0.29, 0.717) is 6.61 Å². The SMILES string of the molecule is C=CC(OCC(O)CO)C1CO1. The van der Waals surface area contributed by atoms with E-state index >= 15 is 0 Å². The Kier molecular flexibility index (Phi) is 3.68. The van der Waals surface area contributed by atoms with Crippen molar-refractivity contribution in [3.8, 4) is 0 Å². The smallest absolute Gasteiger partial charge is 0.111 e. The zero-order chi connectivity index (χ0) is 8.97. The Balaban J connectivity index is 2.14. The van der Waals surface area contributed by atoms with E-state index in [0.717, 1.165) is 0 Å². The van der Waals surface area contributed by atoms with Gasteiger partial charge in [0.15, 0.2) is 0 Å². The molecule has 70 valence electrons. The average molecular weight is 174 g/mol. The molecule has 3 atom stereocenters. The van der Waals surface area contributed by atoms with Gasteiger partial charge in [-0.1, -0.05) is 6.08 Å². The fourth-order valence-electron chi connectivity index (χ4n) is 0.847. The zero-order valence-electron chi connectivity index (χ0n) is 6.85. The summed E-state index contributed by atoms with van der Waals surface area (Å²) in [5.74, 6) is 0. The van der Waals surface area contributed by atoms with Gasteiger partial charge >= 0.3 is 0 Å². The second kappa shape index (κ2) is 4.57. The van der Waals surface area contributed by atoms with Crippen LogP contribution in [0.15, 0.2) is 12.7 Å². The van der Waals surface area contributed by atoms with E-state index in [9.17, 15) is 0 Å². The van der Waals surface area contributed by atoms with Gasteiger partial charge in [-0.2, -0.15) is 0 Å². The molecule has 12 heavy (non-hydrogen) atoms. The van der Waals surface area contributed by atoms with Crippen LogP contribution in [0.1, 0.15) is 0 Å². The van der Waals surface area contributed by atoms with E-state index in [2.05, 4.69) is 6.58 Å². The van der Waals surface area contributed by atoms with Gasteiger partial charge < -0.3 is 19.7 Å². The first kappa shape index (κ1) is 9.67. The normalized spacial score (nSPS) is 26.3. The van der Waals surface area contributed by atoms with Crippen molar-refractivity contribution in [2.24, 2.45) is 0 Å². The largest absolute Gasteiger partial charge is 0.394 e. The molecule has 0 bridgehead atoms. The minimum Gasteiger partial charge on any atom is -0.394 e. The van der Waals surface area contributed by atoms with Crippen molar-refractivity contribution >= 4 is 0 Å². The second-order valence-corrected chi connectivity index (χ2v) is 2.74. The molecule has 1 aliphatic rings. The number of hydrogen-bond acceptors (Lipinski definition) is 4. The van der Waals surface area contributed by atoms with Gasteiger partial charge in [0.1, 0.15) is 18.3 Å². The topological polar surface area (TPSA) is 62.2 Å². The molecule has 4 nitrogen and oxygen atoms in total. The van der Waals surface area contributed by atoms with Crippen LogP contribution in [0.25, 0.3) is 0 Å². The summed E-state index contributed by atoms with van der Waals surface area (Å²) in [5.41, 5.74) is 0. The van der Waals surface area contributed by atoms with Crippen LogP contribution in [0.4, 0.5) is 0 Å². The van der Waals surface area contributed by atoms with Crippen LogP contribution < -0.4 is 0 Å². The zero-order valence-corrected chi connectivity index (χ0v) is 6.85. The van der Waals surface area contributed by atoms with Crippen molar-refractivity contribution in [3.63, 3.8) is 0 Å². The van der Waals surface area contributed by atoms with E-state index in [-0.39, 0.29) is 25.4 Å². The summed E-state index contributed by atoms with van der Waals surface area (Å²) in [7, 11) is 0. The molecule has 0 amide bonds. The molecule has 1 heterocycles. The van der Waals surface area contributed by atoms with Crippen molar-refractivity contribution in [1.82, 2.24) is 0 Å². The molecule has 2 N–H and O–H groups in total. The van der Waals surface area contributed by atoms with Gasteiger partial charge in [-0.25, -0.2) is 0 Å². The number of rotatable bonds is 6. The fraction of sp³-hybridized carbons (Fsp3) is 0.750. The number of ether oxygens (including phenoxy) is 2. The lowest BCUT2D eigenvalue weighted by atomic mass is 10.2. The van der Waals surface area contributed by atoms with Crippen molar-refractivity contribution in [2.75, 3.05) is 19.8 Å². The number of hydrogen-bond donors (Lipinski definition) is 2. The Morgan fingerprint density at radius 3 is 2.83 bits per heavy atom. The molecule has 1 saturated heterocycles. The first-order valence-corrected chi connectivity index (χ1v) is 3.92. The van der Waals surface area contributed by atoms with Gasteiger partial charge in [0.2, 0.25) is 0 Å². The molecule has 1 aliphatic heterocycles. The Labute approximate surface area is 71.4 Å². The molecule has 0 aliphatic carbocycles. The Hall–Kier alpha value is -0.420. The summed E-state index contributed by atoms with van der Waals surface area (Å²) in [6.45, 7) is 4.10. The first-order valence-electron chi connectivity index (χ1n) is 3.92. The van der Waals surface area contributed by atoms with Crippen molar-refractivity contribution in [2.45, 2.75) is 18.3 Å². The van der Waals surface area contributed by atoms with Crippen LogP contribution in [0.3, 0.4) is 0 Å². The summed E-state index contributed by atoms with van der Waals surface area (Å²) in [5, 5.41) is 17.4. The van der Waals surface area contributed by atoms with Crippen LogP contribution in [0.5, 0.6) is 0 Å². The van der Waals surface area contributed by atoms with E-state index in [1.165, 1.54) is 0 Å². The minimum atomic E-state index is -0.814. The van der Waals surface area contributed by atoms with Crippen LogP contribution >= 0.6 is 0 Å². The van der Waals surface area contributed by atoms with Crippen molar-refractivity contribution in [3.05, 3.63) is 12.7 Å². The van der Waals surface area contributed by atoms with Gasteiger partial charge in [-0.3, -0.25) is 0 Å². The van der Waals surface area contributed by atoms with Gasteiger partial charge in [0.05, 0.1) is 19.8 Å². The quantitative estimate of drug-likeness (QED) is 0.413. The van der Waals surface area contributed by atoms with E-state index in [4.69, 9.17) is 19.7 Å². The highest BCUT2D eigenvalue weighted by atomic mass is 16.6. The predicted octanol–water partition coefficient (Wildman–Crippen LogP) is -0.690. The maximum Gasteiger partial charge on any atom is 0.111 e. The summed E-state index contributed by atoms with van der Waals surface area (Å²) < 4.78 is 10.2. The third-order valence-corrected chi connectivity index (χ3v) is 1.65. The molecule has 0 radical (unpaired) electrons. The van der Waals surface area contributed by atoms with Crippen molar-refractivity contribution in [1.29, 1.82) is 0 Å². The van der Waals surface area contributed by atoms with Gasteiger partial charge in [0, 0.05) is 0 Å².